The van der Waals surface area contributed by atoms with Crippen LogP contribution in [-0.2, 0) is 9.59 Å². The second-order valence-electron chi connectivity index (χ2n) is 5.26. The predicted octanol–water partition coefficient (Wildman–Crippen LogP) is 3.55. The summed E-state index contributed by atoms with van der Waals surface area (Å²) in [6, 6.07) is 8.01. The van der Waals surface area contributed by atoms with Gasteiger partial charge in [-0.1, -0.05) is 34.8 Å². The molecule has 1 aromatic heterocycles. The normalized spacial score (nSPS) is 10.6. The van der Waals surface area contributed by atoms with Gasteiger partial charge in [-0.2, -0.15) is 0 Å². The van der Waals surface area contributed by atoms with Gasteiger partial charge >= 0.3 is 0 Å². The summed E-state index contributed by atoms with van der Waals surface area (Å²) in [6.45, 7) is 0.0564. The molecule has 0 aliphatic carbocycles. The second kappa shape index (κ2) is 9.01. The van der Waals surface area contributed by atoms with Crippen LogP contribution >= 0.6 is 34.8 Å². The molecule has 2 aromatic rings. The number of nitrogens with zero attached hydrogens (tertiary/aromatic N) is 2. The number of likely N-dealkylation sites (N-methyl/N-ethyl adjacent to an activating group) is 1. The highest BCUT2D eigenvalue weighted by Crippen LogP contribution is 2.24. The van der Waals surface area contributed by atoms with E-state index in [4.69, 9.17) is 34.8 Å². The zero-order chi connectivity index (χ0) is 18.4. The molecule has 0 spiro atoms. The summed E-state index contributed by atoms with van der Waals surface area (Å²) in [4.78, 5) is 29.5. The Hall–Kier alpha value is -1.86. The van der Waals surface area contributed by atoms with Crippen LogP contribution in [0.4, 0.5) is 11.5 Å². The lowest BCUT2D eigenvalue weighted by Crippen LogP contribution is -2.36. The number of pyridine rings is 1. The molecule has 1 aromatic carbocycles. The molecule has 0 aliphatic heterocycles. The molecule has 0 atom stereocenters. The fourth-order valence-corrected chi connectivity index (χ4v) is 2.36. The minimum absolute atomic E-state index is 0.0269. The number of halogens is 3. The zero-order valence-electron chi connectivity index (χ0n) is 13.2. The number of benzene rings is 1. The van der Waals surface area contributed by atoms with Crippen LogP contribution in [-0.4, -0.2) is 41.8 Å². The molecule has 9 heteroatoms. The summed E-state index contributed by atoms with van der Waals surface area (Å²) in [5.41, 5.74) is 0.530. The lowest BCUT2D eigenvalue weighted by Gasteiger charge is -2.16. The molecule has 0 fully saturated rings. The lowest BCUT2D eigenvalue weighted by atomic mass is 10.3. The average Bonchev–Trinajstić information content (AvgIpc) is 2.52. The van der Waals surface area contributed by atoms with Gasteiger partial charge in [-0.15, -0.1) is 0 Å². The number of hydrogen-bond donors (Lipinski definition) is 2. The maximum absolute atomic E-state index is 12.0. The first-order chi connectivity index (χ1) is 11.8. The van der Waals surface area contributed by atoms with Crippen molar-refractivity contribution in [3.8, 4) is 0 Å². The first kappa shape index (κ1) is 19.5. The summed E-state index contributed by atoms with van der Waals surface area (Å²) in [5.74, 6) is -0.180. The molecule has 0 bridgehead atoms. The average molecular weight is 402 g/mol. The number of amides is 2. The first-order valence-electron chi connectivity index (χ1n) is 7.18. The minimum Gasteiger partial charge on any atom is -0.325 e. The quantitative estimate of drug-likeness (QED) is 0.776. The molecule has 2 rings (SSSR count). The molecule has 2 amide bonds. The van der Waals surface area contributed by atoms with Crippen LogP contribution in [0.1, 0.15) is 0 Å². The van der Waals surface area contributed by atoms with Gasteiger partial charge < -0.3 is 10.6 Å². The Morgan fingerprint density at radius 3 is 2.28 bits per heavy atom. The Morgan fingerprint density at radius 1 is 1.00 bits per heavy atom. The van der Waals surface area contributed by atoms with E-state index < -0.39 is 0 Å². The van der Waals surface area contributed by atoms with E-state index in [-0.39, 0.29) is 24.9 Å². The monoisotopic (exact) mass is 400 g/mol. The lowest BCUT2D eigenvalue weighted by molar-refractivity contribution is -0.119. The van der Waals surface area contributed by atoms with Crippen molar-refractivity contribution in [2.24, 2.45) is 0 Å². The largest absolute Gasteiger partial charge is 0.325 e. The van der Waals surface area contributed by atoms with E-state index in [1.807, 2.05) is 0 Å². The molecule has 0 saturated carbocycles. The number of rotatable bonds is 6. The van der Waals surface area contributed by atoms with Gasteiger partial charge in [0.25, 0.3) is 0 Å². The summed E-state index contributed by atoms with van der Waals surface area (Å²) < 4.78 is 0. The highest BCUT2D eigenvalue weighted by molar-refractivity contribution is 6.42. The highest BCUT2D eigenvalue weighted by atomic mass is 35.5. The van der Waals surface area contributed by atoms with Crippen molar-refractivity contribution >= 4 is 58.1 Å². The molecule has 6 nitrogen and oxygen atoms in total. The van der Waals surface area contributed by atoms with Crippen molar-refractivity contribution in [1.82, 2.24) is 9.88 Å². The van der Waals surface area contributed by atoms with Gasteiger partial charge in [-0.05, 0) is 37.4 Å². The molecule has 1 heterocycles. The van der Waals surface area contributed by atoms with E-state index in [2.05, 4.69) is 15.6 Å². The van der Waals surface area contributed by atoms with Crippen LogP contribution in [0.25, 0.3) is 0 Å². The number of carbonyl (C=O) groups excluding carboxylic acids is 2. The molecule has 0 radical (unpaired) electrons. The topological polar surface area (TPSA) is 74.3 Å². The molecular weight excluding hydrogens is 387 g/mol. The Morgan fingerprint density at radius 2 is 1.68 bits per heavy atom. The fraction of sp³-hybridized carbons (Fsp3) is 0.188. The Bertz CT molecular complexity index is 768. The van der Waals surface area contributed by atoms with Crippen LogP contribution in [0.15, 0.2) is 36.5 Å². The Kier molecular flexibility index (Phi) is 7.01. The molecule has 0 unspecified atom stereocenters. The highest BCUT2D eigenvalue weighted by Gasteiger charge is 2.12. The van der Waals surface area contributed by atoms with Gasteiger partial charge in [0.2, 0.25) is 11.8 Å². The second-order valence-corrected chi connectivity index (χ2v) is 6.51. The third kappa shape index (κ3) is 6.51. The van der Waals surface area contributed by atoms with Crippen LogP contribution in [0.3, 0.4) is 0 Å². The van der Waals surface area contributed by atoms with Crippen LogP contribution in [0.2, 0.25) is 15.1 Å². The molecule has 0 aliphatic rings. The number of hydrogen-bond acceptors (Lipinski definition) is 4. The smallest absolute Gasteiger partial charge is 0.239 e. The van der Waals surface area contributed by atoms with Crippen molar-refractivity contribution in [3.05, 3.63) is 51.6 Å². The molecule has 25 heavy (non-hydrogen) atoms. The number of carbonyl (C=O) groups is 2. The van der Waals surface area contributed by atoms with E-state index in [1.54, 1.807) is 42.3 Å². The van der Waals surface area contributed by atoms with Crippen LogP contribution in [0, 0.1) is 0 Å². The molecule has 2 N–H and O–H groups in total. The van der Waals surface area contributed by atoms with E-state index >= 15 is 0 Å². The van der Waals surface area contributed by atoms with E-state index in [9.17, 15) is 9.59 Å². The maximum Gasteiger partial charge on any atom is 0.239 e. The van der Waals surface area contributed by atoms with Crippen molar-refractivity contribution in [1.29, 1.82) is 0 Å². The zero-order valence-corrected chi connectivity index (χ0v) is 15.5. The first-order valence-corrected chi connectivity index (χ1v) is 8.32. The summed E-state index contributed by atoms with van der Waals surface area (Å²) >= 11 is 17.5. The Balaban J connectivity index is 1.81. The van der Waals surface area contributed by atoms with E-state index in [1.165, 1.54) is 6.20 Å². The summed E-state index contributed by atoms with van der Waals surface area (Å²) in [6.07, 6.45) is 1.44. The van der Waals surface area contributed by atoms with Gasteiger partial charge in [0, 0.05) is 11.9 Å². The van der Waals surface area contributed by atoms with Gasteiger partial charge in [-0.25, -0.2) is 4.98 Å². The minimum atomic E-state index is -0.292. The molecule has 0 saturated heterocycles. The standard InChI is InChI=1S/C16H15Cl3N4O2/c1-23(9-16(25)22-14-5-2-10(17)7-20-14)8-15(24)21-11-3-4-12(18)13(19)6-11/h2-7H,8-9H2,1H3,(H,21,24)(H,20,22,25). The van der Waals surface area contributed by atoms with E-state index in [0.29, 0.717) is 26.6 Å². The van der Waals surface area contributed by atoms with Gasteiger partial charge in [0.15, 0.2) is 0 Å². The number of nitrogens with one attached hydrogen (secondary N) is 2. The predicted molar refractivity (Wildman–Crippen MR) is 100 cm³/mol. The van der Waals surface area contributed by atoms with Crippen molar-refractivity contribution in [3.63, 3.8) is 0 Å². The van der Waals surface area contributed by atoms with Crippen molar-refractivity contribution in [2.45, 2.75) is 0 Å². The fourth-order valence-electron chi connectivity index (χ4n) is 1.95. The van der Waals surface area contributed by atoms with Crippen LogP contribution in [0.5, 0.6) is 0 Å². The van der Waals surface area contributed by atoms with Gasteiger partial charge in [0.1, 0.15) is 5.82 Å². The van der Waals surface area contributed by atoms with E-state index in [0.717, 1.165) is 0 Å². The number of anilines is 2. The summed E-state index contributed by atoms with van der Waals surface area (Å²) in [7, 11) is 1.66. The van der Waals surface area contributed by atoms with Crippen LogP contribution < -0.4 is 10.6 Å². The third-order valence-corrected chi connectivity index (χ3v) is 3.99. The third-order valence-electron chi connectivity index (χ3n) is 3.03. The Labute approximate surface area is 160 Å². The summed E-state index contributed by atoms with van der Waals surface area (Å²) in [5, 5.41) is 6.55. The SMILES string of the molecule is CN(CC(=O)Nc1ccc(Cl)c(Cl)c1)CC(=O)Nc1ccc(Cl)cn1. The van der Waals surface area contributed by atoms with Gasteiger partial charge in [0.05, 0.1) is 28.2 Å². The number of aromatic nitrogens is 1. The maximum atomic E-state index is 12.0. The molecular formula is C16H15Cl3N4O2. The molecule has 132 valence electrons. The van der Waals surface area contributed by atoms with Gasteiger partial charge in [-0.3, -0.25) is 14.5 Å². The van der Waals surface area contributed by atoms with Crippen molar-refractivity contribution in [2.75, 3.05) is 30.8 Å². The van der Waals surface area contributed by atoms with Crippen molar-refractivity contribution < 1.29 is 9.59 Å².